The second-order valence-electron chi connectivity index (χ2n) is 7.96. The number of fused-ring (bicyclic) bond motifs is 1. The van der Waals surface area contributed by atoms with E-state index in [0.29, 0.717) is 48.7 Å². The standard InChI is InChI=1S/C24H29N3O4/c1-16-5-6-17(2)18(11-16)14-27-23(15-26-7-9-31-10-8-26)25-20-13-22(30-4)21(29-3)12-19(20)24(27)28/h5-6,11-13H,7-10,14-15H2,1-4H3. The summed E-state index contributed by atoms with van der Waals surface area (Å²) in [5.74, 6) is 1.83. The number of rotatable bonds is 6. The number of aryl methyl sites for hydroxylation is 2. The zero-order chi connectivity index (χ0) is 22.0. The van der Waals surface area contributed by atoms with Crippen LogP contribution in [-0.4, -0.2) is 55.0 Å². The molecule has 0 unspecified atom stereocenters. The van der Waals surface area contributed by atoms with E-state index in [2.05, 4.69) is 36.9 Å². The molecule has 0 N–H and O–H groups in total. The van der Waals surface area contributed by atoms with E-state index in [1.165, 1.54) is 5.56 Å². The van der Waals surface area contributed by atoms with Gasteiger partial charge in [0.25, 0.3) is 5.56 Å². The Hall–Kier alpha value is -2.90. The Morgan fingerprint density at radius 2 is 1.71 bits per heavy atom. The van der Waals surface area contributed by atoms with Crippen LogP contribution in [0.3, 0.4) is 0 Å². The van der Waals surface area contributed by atoms with Crippen molar-refractivity contribution < 1.29 is 14.2 Å². The maximum Gasteiger partial charge on any atom is 0.261 e. The van der Waals surface area contributed by atoms with E-state index < -0.39 is 0 Å². The molecule has 0 aliphatic carbocycles. The minimum atomic E-state index is -0.0740. The number of hydrogen-bond acceptors (Lipinski definition) is 6. The first-order valence-corrected chi connectivity index (χ1v) is 10.5. The molecule has 164 valence electrons. The highest BCUT2D eigenvalue weighted by molar-refractivity contribution is 5.82. The van der Waals surface area contributed by atoms with Gasteiger partial charge in [-0.3, -0.25) is 14.3 Å². The Kier molecular flexibility index (Phi) is 6.25. The largest absolute Gasteiger partial charge is 0.493 e. The van der Waals surface area contributed by atoms with Gasteiger partial charge < -0.3 is 14.2 Å². The first kappa shape index (κ1) is 21.3. The van der Waals surface area contributed by atoms with Gasteiger partial charge in [0.15, 0.2) is 11.5 Å². The Morgan fingerprint density at radius 1 is 1.00 bits per heavy atom. The molecule has 0 amide bonds. The summed E-state index contributed by atoms with van der Waals surface area (Å²) < 4.78 is 18.1. The van der Waals surface area contributed by atoms with Crippen molar-refractivity contribution in [2.75, 3.05) is 40.5 Å². The normalized spacial score (nSPS) is 14.7. The van der Waals surface area contributed by atoms with E-state index in [1.807, 2.05) is 0 Å². The van der Waals surface area contributed by atoms with Crippen LogP contribution in [-0.2, 0) is 17.8 Å². The van der Waals surface area contributed by atoms with E-state index in [-0.39, 0.29) is 5.56 Å². The SMILES string of the molecule is COc1cc2nc(CN3CCOCC3)n(Cc3cc(C)ccc3C)c(=O)c2cc1OC. The van der Waals surface area contributed by atoms with Gasteiger partial charge in [0, 0.05) is 19.2 Å². The summed E-state index contributed by atoms with van der Waals surface area (Å²) in [5.41, 5.74) is 3.98. The minimum Gasteiger partial charge on any atom is -0.493 e. The number of ether oxygens (including phenoxy) is 3. The smallest absolute Gasteiger partial charge is 0.261 e. The molecule has 1 aliphatic heterocycles. The third kappa shape index (κ3) is 4.43. The summed E-state index contributed by atoms with van der Waals surface area (Å²) in [6.07, 6.45) is 0. The Bertz CT molecular complexity index is 1150. The van der Waals surface area contributed by atoms with Crippen molar-refractivity contribution >= 4 is 10.9 Å². The third-order valence-corrected chi connectivity index (χ3v) is 5.84. The lowest BCUT2D eigenvalue weighted by Crippen LogP contribution is -2.38. The molecule has 0 saturated carbocycles. The zero-order valence-electron chi connectivity index (χ0n) is 18.6. The quantitative estimate of drug-likeness (QED) is 0.607. The van der Waals surface area contributed by atoms with Crippen LogP contribution < -0.4 is 15.0 Å². The van der Waals surface area contributed by atoms with Gasteiger partial charge in [-0.1, -0.05) is 23.8 Å². The summed E-state index contributed by atoms with van der Waals surface area (Å²) in [7, 11) is 3.15. The van der Waals surface area contributed by atoms with E-state index in [4.69, 9.17) is 19.2 Å². The Morgan fingerprint density at radius 3 is 2.42 bits per heavy atom. The molecule has 3 aromatic rings. The van der Waals surface area contributed by atoms with Crippen LogP contribution in [0.2, 0.25) is 0 Å². The monoisotopic (exact) mass is 423 g/mol. The van der Waals surface area contributed by atoms with Gasteiger partial charge >= 0.3 is 0 Å². The van der Waals surface area contributed by atoms with Crippen LogP contribution in [0.4, 0.5) is 0 Å². The summed E-state index contributed by atoms with van der Waals surface area (Å²) in [4.78, 5) is 20.8. The van der Waals surface area contributed by atoms with Crippen molar-refractivity contribution in [2.24, 2.45) is 0 Å². The molecule has 0 radical (unpaired) electrons. The number of methoxy groups -OCH3 is 2. The molecular formula is C24H29N3O4. The predicted octanol–water partition coefficient (Wildman–Crippen LogP) is 2.91. The van der Waals surface area contributed by atoms with Gasteiger partial charge in [0.2, 0.25) is 0 Å². The zero-order valence-corrected chi connectivity index (χ0v) is 18.6. The molecule has 1 aliphatic rings. The van der Waals surface area contributed by atoms with Gasteiger partial charge in [-0.15, -0.1) is 0 Å². The highest BCUT2D eigenvalue weighted by Crippen LogP contribution is 2.30. The molecule has 1 saturated heterocycles. The summed E-state index contributed by atoms with van der Waals surface area (Å²) in [6, 6.07) is 9.83. The lowest BCUT2D eigenvalue weighted by Gasteiger charge is -2.27. The second kappa shape index (κ2) is 9.08. The molecule has 2 aromatic carbocycles. The van der Waals surface area contributed by atoms with Crippen molar-refractivity contribution in [1.82, 2.24) is 14.5 Å². The fourth-order valence-electron chi connectivity index (χ4n) is 3.98. The number of morpholine rings is 1. The maximum absolute atomic E-state index is 13.6. The molecule has 2 heterocycles. The number of nitrogens with zero attached hydrogens (tertiary/aromatic N) is 3. The number of hydrogen-bond donors (Lipinski definition) is 0. The lowest BCUT2D eigenvalue weighted by atomic mass is 10.1. The molecular weight excluding hydrogens is 394 g/mol. The van der Waals surface area contributed by atoms with Gasteiger partial charge in [-0.05, 0) is 31.0 Å². The fourth-order valence-corrected chi connectivity index (χ4v) is 3.98. The van der Waals surface area contributed by atoms with Crippen LogP contribution in [0.15, 0.2) is 35.1 Å². The first-order chi connectivity index (χ1) is 15.0. The van der Waals surface area contributed by atoms with E-state index in [9.17, 15) is 4.79 Å². The molecule has 1 fully saturated rings. The van der Waals surface area contributed by atoms with Crippen molar-refractivity contribution in [3.8, 4) is 11.5 Å². The number of aromatic nitrogens is 2. The molecule has 31 heavy (non-hydrogen) atoms. The van der Waals surface area contributed by atoms with E-state index in [0.717, 1.165) is 30.0 Å². The summed E-state index contributed by atoms with van der Waals surface area (Å²) >= 11 is 0. The van der Waals surface area contributed by atoms with Gasteiger partial charge in [-0.25, -0.2) is 4.98 Å². The van der Waals surface area contributed by atoms with Crippen molar-refractivity contribution in [1.29, 1.82) is 0 Å². The Balaban J connectivity index is 1.87. The highest BCUT2D eigenvalue weighted by Gasteiger charge is 2.19. The van der Waals surface area contributed by atoms with Crippen LogP contribution in [0.5, 0.6) is 11.5 Å². The molecule has 7 nitrogen and oxygen atoms in total. The molecule has 0 spiro atoms. The molecule has 4 rings (SSSR count). The van der Waals surface area contributed by atoms with Gasteiger partial charge in [-0.2, -0.15) is 0 Å². The molecule has 0 bridgehead atoms. The van der Waals surface area contributed by atoms with E-state index in [1.54, 1.807) is 30.9 Å². The second-order valence-corrected chi connectivity index (χ2v) is 7.96. The molecule has 7 heteroatoms. The summed E-state index contributed by atoms with van der Waals surface area (Å²) in [6.45, 7) is 8.24. The summed E-state index contributed by atoms with van der Waals surface area (Å²) in [5, 5.41) is 0.522. The number of benzene rings is 2. The minimum absolute atomic E-state index is 0.0740. The molecule has 0 atom stereocenters. The highest BCUT2D eigenvalue weighted by atomic mass is 16.5. The van der Waals surface area contributed by atoms with Crippen molar-refractivity contribution in [2.45, 2.75) is 26.9 Å². The van der Waals surface area contributed by atoms with E-state index >= 15 is 0 Å². The maximum atomic E-state index is 13.6. The fraction of sp³-hybridized carbons (Fsp3) is 0.417. The first-order valence-electron chi connectivity index (χ1n) is 10.5. The van der Waals surface area contributed by atoms with Crippen LogP contribution >= 0.6 is 0 Å². The third-order valence-electron chi connectivity index (χ3n) is 5.84. The average Bonchev–Trinajstić information content (AvgIpc) is 2.78. The lowest BCUT2D eigenvalue weighted by molar-refractivity contribution is 0.0325. The van der Waals surface area contributed by atoms with Crippen LogP contribution in [0.25, 0.3) is 10.9 Å². The Labute approximate surface area is 182 Å². The average molecular weight is 424 g/mol. The van der Waals surface area contributed by atoms with Crippen LogP contribution in [0, 0.1) is 13.8 Å². The molecule has 1 aromatic heterocycles. The topological polar surface area (TPSA) is 65.8 Å². The van der Waals surface area contributed by atoms with Gasteiger partial charge in [0.05, 0.1) is 51.4 Å². The van der Waals surface area contributed by atoms with Crippen molar-refractivity contribution in [3.63, 3.8) is 0 Å². The van der Waals surface area contributed by atoms with Gasteiger partial charge in [0.1, 0.15) is 5.82 Å². The van der Waals surface area contributed by atoms with Crippen molar-refractivity contribution in [3.05, 3.63) is 63.2 Å². The predicted molar refractivity (Wildman–Crippen MR) is 120 cm³/mol. The van der Waals surface area contributed by atoms with Crippen LogP contribution in [0.1, 0.15) is 22.5 Å².